The Morgan fingerprint density at radius 3 is 2.42 bits per heavy atom. The number of morpholine rings is 1. The van der Waals surface area contributed by atoms with Gasteiger partial charge in [0.05, 0.1) is 13.2 Å². The van der Waals surface area contributed by atoms with E-state index in [0.717, 1.165) is 38.8 Å². The molecule has 1 saturated heterocycles. The molecule has 2 fully saturated rings. The molecule has 2 N–H and O–H groups in total. The Labute approximate surface area is 175 Å². The van der Waals surface area contributed by atoms with Crippen LogP contribution in [-0.2, 0) is 9.53 Å². The van der Waals surface area contributed by atoms with E-state index in [9.17, 15) is 4.79 Å². The third-order valence-electron chi connectivity index (χ3n) is 5.12. The summed E-state index contributed by atoms with van der Waals surface area (Å²) in [5.74, 6) is 0.767. The van der Waals surface area contributed by atoms with Gasteiger partial charge in [0, 0.05) is 45.3 Å². The van der Waals surface area contributed by atoms with E-state index in [-0.39, 0.29) is 42.0 Å². The van der Waals surface area contributed by atoms with Gasteiger partial charge in [-0.05, 0) is 26.7 Å². The third kappa shape index (κ3) is 7.56. The second-order valence-electron chi connectivity index (χ2n) is 7.84. The van der Waals surface area contributed by atoms with Crippen molar-refractivity contribution < 1.29 is 9.53 Å². The molecule has 0 aromatic carbocycles. The maximum Gasteiger partial charge on any atom is 0.243 e. The zero-order chi connectivity index (χ0) is 18.3. The van der Waals surface area contributed by atoms with Gasteiger partial charge < -0.3 is 20.3 Å². The van der Waals surface area contributed by atoms with Crippen LogP contribution >= 0.6 is 24.0 Å². The predicted molar refractivity (Wildman–Crippen MR) is 116 cm³/mol. The number of nitrogens with zero attached hydrogens (tertiary/aromatic N) is 3. The fourth-order valence-electron chi connectivity index (χ4n) is 3.28. The molecule has 0 unspecified atom stereocenters. The molecule has 0 atom stereocenters. The average molecular weight is 481 g/mol. The average Bonchev–Trinajstić information content (AvgIpc) is 3.10. The molecule has 0 aromatic heterocycles. The summed E-state index contributed by atoms with van der Waals surface area (Å²) in [6.45, 7) is 8.93. The first-order valence-electron chi connectivity index (χ1n) is 9.46. The number of rotatable bonds is 6. The topological polar surface area (TPSA) is 69.2 Å². The molecule has 1 aliphatic carbocycles. The first kappa shape index (κ1) is 23.4. The molecule has 0 spiro atoms. The molecule has 7 nitrogen and oxygen atoms in total. The lowest BCUT2D eigenvalue weighted by atomic mass is 10.0. The van der Waals surface area contributed by atoms with Gasteiger partial charge >= 0.3 is 0 Å². The van der Waals surface area contributed by atoms with Gasteiger partial charge in [-0.25, -0.2) is 4.99 Å². The number of carbonyl (C=O) groups is 1. The number of nitrogens with one attached hydrogen (secondary N) is 2. The number of carbonyl (C=O) groups excluding carboxylic acids is 1. The zero-order valence-corrected chi connectivity index (χ0v) is 19.0. The molecule has 1 heterocycles. The minimum atomic E-state index is 0. The Hall–Kier alpha value is -0.610. The lowest BCUT2D eigenvalue weighted by molar-refractivity contribution is -0.127. The highest BCUT2D eigenvalue weighted by Gasteiger charge is 2.28. The van der Waals surface area contributed by atoms with Crippen molar-refractivity contribution in [3.63, 3.8) is 0 Å². The van der Waals surface area contributed by atoms with Crippen molar-refractivity contribution in [2.75, 3.05) is 53.5 Å². The van der Waals surface area contributed by atoms with Crippen LogP contribution in [0.15, 0.2) is 4.99 Å². The van der Waals surface area contributed by atoms with Crippen LogP contribution in [0.25, 0.3) is 0 Å². The Morgan fingerprint density at radius 1 is 1.23 bits per heavy atom. The molecule has 0 bridgehead atoms. The van der Waals surface area contributed by atoms with Gasteiger partial charge in [0.1, 0.15) is 6.54 Å². The minimum absolute atomic E-state index is 0. The van der Waals surface area contributed by atoms with E-state index in [2.05, 4.69) is 34.4 Å². The first-order valence-corrected chi connectivity index (χ1v) is 9.46. The van der Waals surface area contributed by atoms with E-state index in [1.165, 1.54) is 25.7 Å². The molecule has 1 saturated carbocycles. The van der Waals surface area contributed by atoms with Crippen molar-refractivity contribution in [2.24, 2.45) is 4.99 Å². The number of aliphatic imine (C=N–C) groups is 1. The SMILES string of the molecule is CN(C)C(=O)CN=C(NCC(C)(C)N1CCOCC1)NC1CCCC1.I. The highest BCUT2D eigenvalue weighted by Crippen LogP contribution is 2.18. The van der Waals surface area contributed by atoms with Crippen molar-refractivity contribution in [1.29, 1.82) is 0 Å². The van der Waals surface area contributed by atoms with Crippen molar-refractivity contribution in [2.45, 2.75) is 51.1 Å². The molecule has 2 rings (SSSR count). The van der Waals surface area contributed by atoms with Crippen molar-refractivity contribution in [3.8, 4) is 0 Å². The largest absolute Gasteiger partial charge is 0.379 e. The number of guanidine groups is 1. The number of hydrogen-bond donors (Lipinski definition) is 2. The standard InChI is InChI=1S/C18H35N5O2.HI/c1-18(2,23-9-11-25-12-10-23)14-20-17(19-13-16(24)22(3)4)21-15-7-5-6-8-15;/h15H,5-14H2,1-4H3,(H2,19,20,21);1H. The van der Waals surface area contributed by atoms with Gasteiger partial charge in [0.2, 0.25) is 5.91 Å². The van der Waals surface area contributed by atoms with Gasteiger partial charge in [0.25, 0.3) is 0 Å². The summed E-state index contributed by atoms with van der Waals surface area (Å²) in [4.78, 5) is 20.4. The molecule has 8 heteroatoms. The van der Waals surface area contributed by atoms with Gasteiger partial charge in [-0.3, -0.25) is 9.69 Å². The Balaban J connectivity index is 0.00000338. The van der Waals surface area contributed by atoms with Gasteiger partial charge in [-0.1, -0.05) is 12.8 Å². The van der Waals surface area contributed by atoms with E-state index in [1.807, 2.05) is 0 Å². The van der Waals surface area contributed by atoms with E-state index < -0.39 is 0 Å². The number of amides is 1. The van der Waals surface area contributed by atoms with Crippen molar-refractivity contribution in [1.82, 2.24) is 20.4 Å². The van der Waals surface area contributed by atoms with Crippen LogP contribution in [-0.4, -0.2) is 86.7 Å². The highest BCUT2D eigenvalue weighted by molar-refractivity contribution is 14.0. The van der Waals surface area contributed by atoms with E-state index in [4.69, 9.17) is 4.74 Å². The van der Waals surface area contributed by atoms with Crippen LogP contribution in [0.5, 0.6) is 0 Å². The monoisotopic (exact) mass is 481 g/mol. The van der Waals surface area contributed by atoms with Crippen molar-refractivity contribution in [3.05, 3.63) is 0 Å². The number of halogens is 1. The van der Waals surface area contributed by atoms with Crippen LogP contribution in [0.2, 0.25) is 0 Å². The van der Waals surface area contributed by atoms with Gasteiger partial charge in [-0.15, -0.1) is 24.0 Å². The molecule has 1 aliphatic heterocycles. The van der Waals surface area contributed by atoms with Crippen LogP contribution in [0, 0.1) is 0 Å². The number of ether oxygens (including phenoxy) is 1. The molecule has 0 radical (unpaired) electrons. The van der Waals surface area contributed by atoms with E-state index >= 15 is 0 Å². The van der Waals surface area contributed by atoms with Crippen LogP contribution < -0.4 is 10.6 Å². The summed E-state index contributed by atoms with van der Waals surface area (Å²) in [7, 11) is 3.52. The summed E-state index contributed by atoms with van der Waals surface area (Å²) in [5.41, 5.74) is 0.00740. The lowest BCUT2D eigenvalue weighted by Gasteiger charge is -2.41. The molecular formula is C18H36IN5O2. The summed E-state index contributed by atoms with van der Waals surface area (Å²) >= 11 is 0. The fraction of sp³-hybridized carbons (Fsp3) is 0.889. The van der Waals surface area contributed by atoms with Crippen LogP contribution in [0.1, 0.15) is 39.5 Å². The normalized spacial score (nSPS) is 19.8. The fourth-order valence-corrected chi connectivity index (χ4v) is 3.28. The summed E-state index contributed by atoms with van der Waals surface area (Å²) in [5, 5.41) is 6.97. The second-order valence-corrected chi connectivity index (χ2v) is 7.84. The Morgan fingerprint density at radius 2 is 1.85 bits per heavy atom. The molecule has 1 amide bonds. The zero-order valence-electron chi connectivity index (χ0n) is 16.7. The molecular weight excluding hydrogens is 445 g/mol. The predicted octanol–water partition coefficient (Wildman–Crippen LogP) is 1.28. The quantitative estimate of drug-likeness (QED) is 0.340. The lowest BCUT2D eigenvalue weighted by Crippen LogP contribution is -2.57. The molecule has 2 aliphatic rings. The van der Waals surface area contributed by atoms with Gasteiger partial charge in [0.15, 0.2) is 5.96 Å². The van der Waals surface area contributed by atoms with E-state index in [1.54, 1.807) is 19.0 Å². The molecule has 26 heavy (non-hydrogen) atoms. The number of likely N-dealkylation sites (N-methyl/N-ethyl adjacent to an activating group) is 1. The maximum absolute atomic E-state index is 11.9. The van der Waals surface area contributed by atoms with Crippen LogP contribution in [0.3, 0.4) is 0 Å². The highest BCUT2D eigenvalue weighted by atomic mass is 127. The second kappa shape index (κ2) is 11.3. The smallest absolute Gasteiger partial charge is 0.243 e. The van der Waals surface area contributed by atoms with Crippen LogP contribution in [0.4, 0.5) is 0 Å². The molecule has 152 valence electrons. The third-order valence-corrected chi connectivity index (χ3v) is 5.12. The first-order chi connectivity index (χ1) is 11.9. The van der Waals surface area contributed by atoms with Crippen molar-refractivity contribution >= 4 is 35.8 Å². The molecule has 0 aromatic rings. The van der Waals surface area contributed by atoms with E-state index in [0.29, 0.717) is 6.04 Å². The Bertz CT molecular complexity index is 458. The number of hydrogen-bond acceptors (Lipinski definition) is 4. The summed E-state index contributed by atoms with van der Waals surface area (Å²) in [6.07, 6.45) is 4.88. The minimum Gasteiger partial charge on any atom is -0.379 e. The Kier molecular flexibility index (Phi) is 10.2. The van der Waals surface area contributed by atoms with Gasteiger partial charge in [-0.2, -0.15) is 0 Å². The maximum atomic E-state index is 11.9. The summed E-state index contributed by atoms with van der Waals surface area (Å²) < 4.78 is 5.46. The summed E-state index contributed by atoms with van der Waals surface area (Å²) in [6, 6.07) is 0.465.